The number of ether oxygens (including phenoxy) is 1. The molecule has 0 amide bonds. The van der Waals surface area contributed by atoms with Crippen LogP contribution in [0.15, 0.2) is 28.3 Å². The van der Waals surface area contributed by atoms with E-state index in [1.54, 1.807) is 4.57 Å². The maximum absolute atomic E-state index is 14.7. The number of hydrogen-bond donors (Lipinski definition) is 1. The Kier molecular flexibility index (Phi) is 3.65. The van der Waals surface area contributed by atoms with Gasteiger partial charge in [-0.15, -0.1) is 0 Å². The summed E-state index contributed by atoms with van der Waals surface area (Å²) < 4.78 is 22.3. The monoisotopic (exact) mass is 430 g/mol. The Morgan fingerprint density at radius 1 is 1.09 bits per heavy atom. The number of fused-ring (bicyclic) bond motifs is 5. The van der Waals surface area contributed by atoms with Gasteiger partial charge in [0.05, 0.1) is 29.0 Å². The Hall–Kier alpha value is -2.99. The van der Waals surface area contributed by atoms with Crippen LogP contribution in [0.3, 0.4) is 0 Å². The zero-order valence-corrected chi connectivity index (χ0v) is 17.9. The molecule has 162 valence electrons. The average molecular weight is 430 g/mol. The predicted molar refractivity (Wildman–Crippen MR) is 118 cm³/mol. The fraction of sp³-hybridized carbons (Fsp3) is 0.385. The summed E-state index contributed by atoms with van der Waals surface area (Å²) in [5.41, 5.74) is 8.34. The van der Waals surface area contributed by atoms with Crippen LogP contribution in [0.25, 0.3) is 22.3 Å². The minimum Gasteiger partial charge on any atom is -0.490 e. The van der Waals surface area contributed by atoms with Gasteiger partial charge in [-0.1, -0.05) is 0 Å². The van der Waals surface area contributed by atoms with Crippen molar-refractivity contribution < 1.29 is 14.2 Å². The number of halogens is 1. The van der Waals surface area contributed by atoms with E-state index in [2.05, 4.69) is 0 Å². The fourth-order valence-electron chi connectivity index (χ4n) is 5.98. The first-order valence-electron chi connectivity index (χ1n) is 11.5. The van der Waals surface area contributed by atoms with Gasteiger partial charge in [-0.25, -0.2) is 9.37 Å². The number of hydrogen-bond acceptors (Lipinski definition) is 4. The molecule has 1 N–H and O–H groups in total. The van der Waals surface area contributed by atoms with Crippen LogP contribution in [0.5, 0.6) is 0 Å². The Labute approximate surface area is 184 Å². The molecule has 1 fully saturated rings. The van der Waals surface area contributed by atoms with Crippen molar-refractivity contribution in [2.45, 2.75) is 64.7 Å². The van der Waals surface area contributed by atoms with E-state index in [1.165, 1.54) is 11.6 Å². The number of aryl methyl sites for hydroxylation is 2. The highest BCUT2D eigenvalue weighted by Gasteiger charge is 2.35. The van der Waals surface area contributed by atoms with Crippen LogP contribution in [0, 0.1) is 12.7 Å². The van der Waals surface area contributed by atoms with Crippen molar-refractivity contribution in [2.24, 2.45) is 0 Å². The Morgan fingerprint density at radius 2 is 1.88 bits per heavy atom. The lowest BCUT2D eigenvalue weighted by molar-refractivity contribution is 0.0680. The van der Waals surface area contributed by atoms with Crippen molar-refractivity contribution in [1.82, 2.24) is 9.55 Å². The number of allylic oxidation sites excluding steroid dienone is 1. The first-order chi connectivity index (χ1) is 15.5. The predicted octanol–water partition coefficient (Wildman–Crippen LogP) is 4.36. The molecule has 0 spiro atoms. The summed E-state index contributed by atoms with van der Waals surface area (Å²) in [6.45, 7) is 2.50. The molecule has 2 aliphatic heterocycles. The molecule has 5 nitrogen and oxygen atoms in total. The topological polar surface area (TPSA) is 64.4 Å². The molecule has 6 heteroatoms. The fourth-order valence-corrected chi connectivity index (χ4v) is 5.98. The normalized spacial score (nSPS) is 20.5. The molecule has 7 rings (SSSR count). The lowest BCUT2D eigenvalue weighted by atomic mass is 9.84. The van der Waals surface area contributed by atoms with Gasteiger partial charge in [0.15, 0.2) is 0 Å². The molecule has 32 heavy (non-hydrogen) atoms. The van der Waals surface area contributed by atoms with E-state index >= 15 is 0 Å². The van der Waals surface area contributed by atoms with Gasteiger partial charge in [-0.3, -0.25) is 4.79 Å². The third-order valence-electron chi connectivity index (χ3n) is 7.88. The van der Waals surface area contributed by atoms with E-state index in [4.69, 9.17) is 9.72 Å². The van der Waals surface area contributed by atoms with Crippen molar-refractivity contribution in [2.75, 3.05) is 0 Å². The first-order valence-corrected chi connectivity index (χ1v) is 11.5. The molecule has 4 aliphatic rings. The zero-order chi connectivity index (χ0) is 21.7. The molecule has 0 saturated heterocycles. The summed E-state index contributed by atoms with van der Waals surface area (Å²) in [6, 6.07) is 3.44. The Morgan fingerprint density at radius 3 is 2.66 bits per heavy atom. The number of nitrogens with zero attached hydrogens (tertiary/aromatic N) is 2. The minimum absolute atomic E-state index is 0.123. The molecule has 1 atom stereocenters. The molecule has 2 aliphatic carbocycles. The standard InChI is InChI=1S/C26H23FN2O3/c1-12-14-6-3-7-15-17-10-29-21(23(17)28-20(22(14)15)9-19(12)27)8-16-18(26(29)31)11-32-25(24(16)30)13-4-2-5-13/h8-9,24,30H,2-7,10-11H2,1H3/t24-/m0/s1. The second-order valence-electron chi connectivity index (χ2n) is 9.49. The Balaban J connectivity index is 1.48. The van der Waals surface area contributed by atoms with Crippen LogP contribution in [0.2, 0.25) is 0 Å². The summed E-state index contributed by atoms with van der Waals surface area (Å²) in [5.74, 6) is 0.396. The van der Waals surface area contributed by atoms with E-state index < -0.39 is 6.10 Å². The molecule has 3 aromatic rings. The summed E-state index contributed by atoms with van der Waals surface area (Å²) in [4.78, 5) is 18.3. The van der Waals surface area contributed by atoms with E-state index in [-0.39, 0.29) is 18.0 Å². The van der Waals surface area contributed by atoms with E-state index in [9.17, 15) is 14.3 Å². The van der Waals surface area contributed by atoms with Gasteiger partial charge in [-0.05, 0) is 73.8 Å². The van der Waals surface area contributed by atoms with Gasteiger partial charge in [0.25, 0.3) is 5.56 Å². The van der Waals surface area contributed by atoms with Crippen LogP contribution in [0.1, 0.15) is 65.2 Å². The van der Waals surface area contributed by atoms with Gasteiger partial charge < -0.3 is 14.4 Å². The summed E-state index contributed by atoms with van der Waals surface area (Å²) >= 11 is 0. The summed E-state index contributed by atoms with van der Waals surface area (Å²) in [5, 5.41) is 12.1. The van der Waals surface area contributed by atoms with E-state index in [0.29, 0.717) is 40.2 Å². The Bertz CT molecular complexity index is 1460. The highest BCUT2D eigenvalue weighted by molar-refractivity contribution is 5.92. The lowest BCUT2D eigenvalue weighted by Gasteiger charge is -2.30. The number of aromatic nitrogens is 2. The van der Waals surface area contributed by atoms with Crippen LogP contribution in [-0.2, 0) is 30.7 Å². The highest BCUT2D eigenvalue weighted by Crippen LogP contribution is 2.44. The maximum Gasteiger partial charge on any atom is 0.258 e. The molecule has 4 heterocycles. The van der Waals surface area contributed by atoms with Crippen molar-refractivity contribution in [3.63, 3.8) is 0 Å². The molecule has 1 saturated carbocycles. The molecule has 1 aromatic carbocycles. The van der Waals surface area contributed by atoms with Crippen LogP contribution < -0.4 is 5.56 Å². The molecule has 0 bridgehead atoms. The van der Waals surface area contributed by atoms with Gasteiger partial charge in [0.2, 0.25) is 0 Å². The third-order valence-corrected chi connectivity index (χ3v) is 7.88. The number of rotatable bonds is 0. The van der Waals surface area contributed by atoms with Crippen LogP contribution in [0.4, 0.5) is 4.39 Å². The first kappa shape index (κ1) is 18.6. The zero-order valence-electron chi connectivity index (χ0n) is 17.9. The molecule has 0 radical (unpaired) electrons. The lowest BCUT2D eigenvalue weighted by Crippen LogP contribution is -2.30. The SMILES string of the molecule is Cc1c(F)cc2nc3c(c4c2c1CCC4)Cn1c-3cc2c(c1=O)COC(=C1CCC1)[C@H]2O. The van der Waals surface area contributed by atoms with E-state index in [0.717, 1.165) is 66.3 Å². The quantitative estimate of drug-likeness (QED) is 0.450. The van der Waals surface area contributed by atoms with Gasteiger partial charge in [0, 0.05) is 22.6 Å². The van der Waals surface area contributed by atoms with Crippen molar-refractivity contribution in [3.05, 3.63) is 73.0 Å². The minimum atomic E-state index is -0.915. The largest absolute Gasteiger partial charge is 0.490 e. The third kappa shape index (κ3) is 2.26. The smallest absolute Gasteiger partial charge is 0.258 e. The molecular weight excluding hydrogens is 407 g/mol. The summed E-state index contributed by atoms with van der Waals surface area (Å²) in [7, 11) is 0. The van der Waals surface area contributed by atoms with Crippen molar-refractivity contribution in [3.8, 4) is 11.4 Å². The number of benzene rings is 1. The maximum atomic E-state index is 14.7. The van der Waals surface area contributed by atoms with Crippen molar-refractivity contribution >= 4 is 10.9 Å². The summed E-state index contributed by atoms with van der Waals surface area (Å²) in [6.07, 6.45) is 4.81. The molecular formula is C26H23FN2O3. The highest BCUT2D eigenvalue weighted by atomic mass is 19.1. The molecule has 2 aromatic heterocycles. The van der Waals surface area contributed by atoms with Gasteiger partial charge in [0.1, 0.15) is 24.3 Å². The van der Waals surface area contributed by atoms with Crippen LogP contribution in [-0.4, -0.2) is 14.7 Å². The second-order valence-corrected chi connectivity index (χ2v) is 9.49. The van der Waals surface area contributed by atoms with E-state index in [1.807, 2.05) is 13.0 Å². The van der Waals surface area contributed by atoms with Crippen molar-refractivity contribution in [1.29, 1.82) is 0 Å². The number of aliphatic hydroxyl groups is 1. The second kappa shape index (κ2) is 6.29. The average Bonchev–Trinajstić information content (AvgIpc) is 3.12. The van der Waals surface area contributed by atoms with Gasteiger partial charge >= 0.3 is 0 Å². The van der Waals surface area contributed by atoms with Gasteiger partial charge in [-0.2, -0.15) is 0 Å². The number of pyridine rings is 2. The number of aliphatic hydroxyl groups excluding tert-OH is 1. The molecule has 0 unspecified atom stereocenters. The van der Waals surface area contributed by atoms with Crippen LogP contribution >= 0.6 is 0 Å².